The molecule has 0 spiro atoms. The molecule has 0 aromatic heterocycles. The number of para-hydroxylation sites is 2. The smallest absolute Gasteiger partial charge is 0.130 e. The first kappa shape index (κ1) is 14.6. The Labute approximate surface area is 121 Å². The fourth-order valence-electron chi connectivity index (χ4n) is 2.21. The average Bonchev–Trinajstić information content (AvgIpc) is 2.49. The normalized spacial score (nSPS) is 12.2. The summed E-state index contributed by atoms with van der Waals surface area (Å²) in [6.45, 7) is 4.25. The van der Waals surface area contributed by atoms with Gasteiger partial charge in [-0.25, -0.2) is 0 Å². The van der Waals surface area contributed by atoms with Gasteiger partial charge in [0.1, 0.15) is 11.5 Å². The monoisotopic (exact) mass is 269 g/mol. The number of hydrogen-bond acceptors (Lipinski definition) is 2. The zero-order valence-electron chi connectivity index (χ0n) is 12.3. The molecule has 2 nitrogen and oxygen atoms in total. The largest absolute Gasteiger partial charge is 0.457 e. The molecular formula is C18H23NO. The quantitative estimate of drug-likeness (QED) is 0.847. The van der Waals surface area contributed by atoms with Gasteiger partial charge in [-0.1, -0.05) is 50.2 Å². The van der Waals surface area contributed by atoms with Crippen LogP contribution < -0.4 is 10.5 Å². The summed E-state index contributed by atoms with van der Waals surface area (Å²) in [5.74, 6) is 1.85. The van der Waals surface area contributed by atoms with Crippen LogP contribution in [0.1, 0.15) is 31.4 Å². The highest BCUT2D eigenvalue weighted by Gasteiger charge is 2.09. The molecule has 0 saturated heterocycles. The first-order valence-electron chi connectivity index (χ1n) is 7.33. The van der Waals surface area contributed by atoms with Crippen LogP contribution in [0.15, 0.2) is 48.5 Å². The van der Waals surface area contributed by atoms with Gasteiger partial charge in [0.2, 0.25) is 0 Å². The molecule has 2 N–H and O–H groups in total. The van der Waals surface area contributed by atoms with Gasteiger partial charge in [-0.3, -0.25) is 0 Å². The predicted octanol–water partition coefficient (Wildman–Crippen LogP) is 4.32. The van der Waals surface area contributed by atoms with Crippen LogP contribution in [0.25, 0.3) is 0 Å². The summed E-state index contributed by atoms with van der Waals surface area (Å²) in [6, 6.07) is 16.5. The topological polar surface area (TPSA) is 35.2 Å². The van der Waals surface area contributed by atoms with E-state index in [1.54, 1.807) is 0 Å². The Morgan fingerprint density at radius 1 is 0.900 bits per heavy atom. The molecule has 20 heavy (non-hydrogen) atoms. The molecule has 2 aromatic carbocycles. The van der Waals surface area contributed by atoms with Crippen molar-refractivity contribution in [1.29, 1.82) is 0 Å². The maximum atomic E-state index is 6.12. The molecule has 0 aliphatic rings. The van der Waals surface area contributed by atoms with Crippen LogP contribution in [0.4, 0.5) is 0 Å². The lowest BCUT2D eigenvalue weighted by Gasteiger charge is -2.15. The van der Waals surface area contributed by atoms with Crippen molar-refractivity contribution in [2.24, 2.45) is 5.73 Å². The molecule has 2 heteroatoms. The molecule has 106 valence electrons. The van der Waals surface area contributed by atoms with E-state index in [1.807, 2.05) is 36.4 Å². The second kappa shape index (κ2) is 7.11. The molecule has 0 heterocycles. The van der Waals surface area contributed by atoms with Crippen molar-refractivity contribution in [2.75, 3.05) is 0 Å². The molecule has 0 saturated carbocycles. The molecule has 1 atom stereocenters. The summed E-state index contributed by atoms with van der Waals surface area (Å²) in [4.78, 5) is 0. The van der Waals surface area contributed by atoms with E-state index in [-0.39, 0.29) is 6.04 Å². The van der Waals surface area contributed by atoms with Crippen LogP contribution in [0.3, 0.4) is 0 Å². The third-order valence-corrected chi connectivity index (χ3v) is 3.55. The Balaban J connectivity index is 2.24. The van der Waals surface area contributed by atoms with Crippen molar-refractivity contribution >= 4 is 0 Å². The highest BCUT2D eigenvalue weighted by Crippen LogP contribution is 2.29. The van der Waals surface area contributed by atoms with Crippen LogP contribution >= 0.6 is 0 Å². The predicted molar refractivity (Wildman–Crippen MR) is 84.3 cm³/mol. The minimum atomic E-state index is 0.182. The molecule has 0 radical (unpaired) electrons. The number of ether oxygens (including phenoxy) is 1. The molecule has 2 aromatic rings. The molecule has 0 aliphatic heterocycles. The lowest BCUT2D eigenvalue weighted by Crippen LogP contribution is -2.21. The zero-order valence-corrected chi connectivity index (χ0v) is 12.3. The number of hydrogen-bond donors (Lipinski definition) is 1. The summed E-state index contributed by atoms with van der Waals surface area (Å²) in [5, 5.41) is 0. The van der Waals surface area contributed by atoms with Gasteiger partial charge in [-0.05, 0) is 42.5 Å². The molecular weight excluding hydrogens is 246 g/mol. The minimum absolute atomic E-state index is 0.182. The van der Waals surface area contributed by atoms with Crippen molar-refractivity contribution in [2.45, 2.75) is 39.2 Å². The van der Waals surface area contributed by atoms with Crippen molar-refractivity contribution in [3.8, 4) is 11.5 Å². The van der Waals surface area contributed by atoms with E-state index in [2.05, 4.69) is 26.0 Å². The van der Waals surface area contributed by atoms with Gasteiger partial charge in [-0.15, -0.1) is 0 Å². The summed E-state index contributed by atoms with van der Waals surface area (Å²) in [5.41, 5.74) is 8.47. The van der Waals surface area contributed by atoms with Gasteiger partial charge in [0.25, 0.3) is 0 Å². The van der Waals surface area contributed by atoms with E-state index in [1.165, 1.54) is 11.1 Å². The van der Waals surface area contributed by atoms with E-state index in [4.69, 9.17) is 10.5 Å². The summed E-state index contributed by atoms with van der Waals surface area (Å²) >= 11 is 0. The molecule has 1 unspecified atom stereocenters. The van der Waals surface area contributed by atoms with Crippen LogP contribution in [0, 0.1) is 0 Å². The lowest BCUT2D eigenvalue weighted by molar-refractivity contribution is 0.467. The van der Waals surface area contributed by atoms with Gasteiger partial charge >= 0.3 is 0 Å². The Hall–Kier alpha value is -1.80. The van der Waals surface area contributed by atoms with Crippen molar-refractivity contribution in [3.63, 3.8) is 0 Å². The van der Waals surface area contributed by atoms with Crippen molar-refractivity contribution in [1.82, 2.24) is 0 Å². The zero-order chi connectivity index (χ0) is 14.4. The van der Waals surface area contributed by atoms with Gasteiger partial charge in [0.15, 0.2) is 0 Å². The van der Waals surface area contributed by atoms with E-state index in [0.717, 1.165) is 30.8 Å². The standard InChI is InChI=1S/C18H23NO/c1-3-14-9-5-7-11-17(14)20-18-12-8-6-10-15(18)13-16(19)4-2/h5-12,16H,3-4,13,19H2,1-2H3. The average molecular weight is 269 g/mol. The Bertz CT molecular complexity index is 551. The summed E-state index contributed by atoms with van der Waals surface area (Å²) in [7, 11) is 0. The van der Waals surface area contributed by atoms with Gasteiger partial charge < -0.3 is 10.5 Å². The van der Waals surface area contributed by atoms with E-state index < -0.39 is 0 Å². The Morgan fingerprint density at radius 3 is 2.05 bits per heavy atom. The van der Waals surface area contributed by atoms with Crippen LogP contribution in [0.2, 0.25) is 0 Å². The van der Waals surface area contributed by atoms with Gasteiger partial charge in [0, 0.05) is 6.04 Å². The van der Waals surface area contributed by atoms with Crippen LogP contribution in [-0.2, 0) is 12.8 Å². The second-order valence-corrected chi connectivity index (χ2v) is 5.04. The maximum absolute atomic E-state index is 6.12. The highest BCUT2D eigenvalue weighted by molar-refractivity contribution is 5.41. The molecule has 0 fully saturated rings. The first-order valence-corrected chi connectivity index (χ1v) is 7.33. The van der Waals surface area contributed by atoms with Gasteiger partial charge in [0.05, 0.1) is 0 Å². The molecule has 0 aliphatic carbocycles. The summed E-state index contributed by atoms with van der Waals surface area (Å²) in [6.07, 6.45) is 2.79. The van der Waals surface area contributed by atoms with Crippen molar-refractivity contribution in [3.05, 3.63) is 59.7 Å². The molecule has 0 amide bonds. The fraction of sp³-hybridized carbons (Fsp3) is 0.333. The summed E-state index contributed by atoms with van der Waals surface area (Å²) < 4.78 is 6.12. The third-order valence-electron chi connectivity index (χ3n) is 3.55. The van der Waals surface area contributed by atoms with Crippen LogP contribution in [0.5, 0.6) is 11.5 Å². The minimum Gasteiger partial charge on any atom is -0.457 e. The van der Waals surface area contributed by atoms with E-state index in [0.29, 0.717) is 0 Å². The van der Waals surface area contributed by atoms with E-state index >= 15 is 0 Å². The molecule has 0 bridgehead atoms. The SMILES string of the molecule is CCc1ccccc1Oc1ccccc1CC(N)CC. The van der Waals surface area contributed by atoms with E-state index in [9.17, 15) is 0 Å². The highest BCUT2D eigenvalue weighted by atomic mass is 16.5. The number of aryl methyl sites for hydroxylation is 1. The number of rotatable bonds is 6. The second-order valence-electron chi connectivity index (χ2n) is 5.04. The van der Waals surface area contributed by atoms with Crippen LogP contribution in [-0.4, -0.2) is 6.04 Å². The number of benzene rings is 2. The van der Waals surface area contributed by atoms with Gasteiger partial charge in [-0.2, -0.15) is 0 Å². The number of nitrogens with two attached hydrogens (primary N) is 1. The molecule has 2 rings (SSSR count). The third kappa shape index (κ3) is 3.61. The Kier molecular flexibility index (Phi) is 5.19. The lowest BCUT2D eigenvalue weighted by atomic mass is 10.0. The maximum Gasteiger partial charge on any atom is 0.130 e. The van der Waals surface area contributed by atoms with Crippen molar-refractivity contribution < 1.29 is 4.74 Å². The first-order chi connectivity index (χ1) is 9.74. The fourth-order valence-corrected chi connectivity index (χ4v) is 2.21. The Morgan fingerprint density at radius 2 is 1.45 bits per heavy atom.